The maximum absolute atomic E-state index is 13.6. The smallest absolute Gasteiger partial charge is 0.335 e. The van der Waals surface area contributed by atoms with Crippen LogP contribution in [-0.4, -0.2) is 23.4 Å². The monoisotopic (exact) mass is 447 g/mol. The second-order valence-corrected chi connectivity index (χ2v) is 7.94. The third-order valence-electron chi connectivity index (χ3n) is 5.68. The molecule has 0 amide bonds. The molecule has 2 aliphatic heterocycles. The minimum Gasteiger partial charge on any atom is -0.492 e. The summed E-state index contributed by atoms with van der Waals surface area (Å²) in [6.45, 7) is 0.275. The molecule has 3 aromatic rings. The third-order valence-corrected chi connectivity index (χ3v) is 6.00. The molecule has 2 atom stereocenters. The first kappa shape index (κ1) is 20.0. The van der Waals surface area contributed by atoms with Crippen LogP contribution in [0.1, 0.15) is 33.1 Å². The van der Waals surface area contributed by atoms with E-state index < -0.39 is 5.97 Å². The van der Waals surface area contributed by atoms with E-state index in [0.29, 0.717) is 27.6 Å². The zero-order chi connectivity index (χ0) is 22.4. The van der Waals surface area contributed by atoms with Gasteiger partial charge in [0.1, 0.15) is 17.6 Å². The number of nitrogens with zero attached hydrogens (tertiary/aromatic N) is 3. The predicted molar refractivity (Wildman–Crippen MR) is 117 cm³/mol. The van der Waals surface area contributed by atoms with Crippen LogP contribution in [-0.2, 0) is 0 Å². The highest BCUT2D eigenvalue weighted by atomic mass is 35.5. The SMILES string of the molecule is N#Cc1ccc(N2N=C3c4ccc(C(=O)O)cc4OC[C@@H]3[C@@H]2c2ccc(F)cc2)cc1Cl. The Morgan fingerprint density at radius 2 is 1.97 bits per heavy atom. The molecule has 3 aromatic carbocycles. The van der Waals surface area contributed by atoms with E-state index in [9.17, 15) is 19.6 Å². The molecule has 0 unspecified atom stereocenters. The third kappa shape index (κ3) is 3.26. The van der Waals surface area contributed by atoms with Gasteiger partial charge in [-0.25, -0.2) is 9.18 Å². The van der Waals surface area contributed by atoms with Gasteiger partial charge in [0.05, 0.1) is 46.1 Å². The number of halogens is 2. The molecule has 158 valence electrons. The van der Waals surface area contributed by atoms with Crippen LogP contribution in [0.5, 0.6) is 5.75 Å². The lowest BCUT2D eigenvalue weighted by molar-refractivity contribution is 0.0696. The highest BCUT2D eigenvalue weighted by molar-refractivity contribution is 6.32. The lowest BCUT2D eigenvalue weighted by atomic mass is 9.85. The van der Waals surface area contributed by atoms with Crippen molar-refractivity contribution in [3.8, 4) is 11.8 Å². The first-order valence-corrected chi connectivity index (χ1v) is 10.2. The summed E-state index contributed by atoms with van der Waals surface area (Å²) in [5, 5.41) is 25.4. The van der Waals surface area contributed by atoms with E-state index >= 15 is 0 Å². The van der Waals surface area contributed by atoms with Gasteiger partial charge >= 0.3 is 5.97 Å². The van der Waals surface area contributed by atoms with Crippen molar-refractivity contribution in [3.63, 3.8) is 0 Å². The highest BCUT2D eigenvalue weighted by Gasteiger charge is 2.43. The number of carboxylic acids is 1. The quantitative estimate of drug-likeness (QED) is 0.609. The second kappa shape index (κ2) is 7.66. The summed E-state index contributed by atoms with van der Waals surface area (Å²) in [4.78, 5) is 11.3. The van der Waals surface area contributed by atoms with E-state index in [1.54, 1.807) is 41.4 Å². The highest BCUT2D eigenvalue weighted by Crippen LogP contribution is 2.45. The van der Waals surface area contributed by atoms with Gasteiger partial charge < -0.3 is 9.84 Å². The van der Waals surface area contributed by atoms with Crippen LogP contribution in [0.4, 0.5) is 10.1 Å². The number of hydrazone groups is 1. The summed E-state index contributed by atoms with van der Waals surface area (Å²) in [6, 6.07) is 17.7. The molecule has 0 aliphatic carbocycles. The molecule has 8 heteroatoms. The van der Waals surface area contributed by atoms with E-state index in [0.717, 1.165) is 11.3 Å². The van der Waals surface area contributed by atoms with Crippen LogP contribution >= 0.6 is 11.6 Å². The number of benzene rings is 3. The lowest BCUT2D eigenvalue weighted by Crippen LogP contribution is -2.33. The van der Waals surface area contributed by atoms with E-state index in [4.69, 9.17) is 21.4 Å². The number of hydrogen-bond acceptors (Lipinski definition) is 5. The van der Waals surface area contributed by atoms with Gasteiger partial charge in [0.25, 0.3) is 0 Å². The Kier molecular flexibility index (Phi) is 4.80. The largest absolute Gasteiger partial charge is 0.492 e. The predicted octanol–water partition coefficient (Wildman–Crippen LogP) is 5.02. The average Bonchev–Trinajstić information content (AvgIpc) is 3.19. The topological polar surface area (TPSA) is 85.9 Å². The van der Waals surface area contributed by atoms with Crippen LogP contribution in [0.3, 0.4) is 0 Å². The molecule has 32 heavy (non-hydrogen) atoms. The molecule has 0 aromatic heterocycles. The van der Waals surface area contributed by atoms with Crippen LogP contribution < -0.4 is 9.75 Å². The summed E-state index contributed by atoms with van der Waals surface area (Å²) >= 11 is 6.28. The molecule has 1 N–H and O–H groups in total. The van der Waals surface area contributed by atoms with E-state index in [2.05, 4.69) is 0 Å². The van der Waals surface area contributed by atoms with E-state index in [1.165, 1.54) is 24.3 Å². The molecule has 0 bridgehead atoms. The Labute approximate surface area is 187 Å². The minimum atomic E-state index is -1.04. The molecule has 0 saturated carbocycles. The molecule has 0 spiro atoms. The van der Waals surface area contributed by atoms with Crippen LogP contribution in [0, 0.1) is 23.1 Å². The fourth-order valence-corrected chi connectivity index (χ4v) is 4.37. The number of anilines is 1. The van der Waals surface area contributed by atoms with Crippen molar-refractivity contribution in [1.82, 2.24) is 0 Å². The number of rotatable bonds is 3. The Morgan fingerprint density at radius 1 is 1.19 bits per heavy atom. The van der Waals surface area contributed by atoms with Crippen LogP contribution in [0.15, 0.2) is 65.8 Å². The molecule has 2 heterocycles. The molecular weight excluding hydrogens is 433 g/mol. The number of hydrogen-bond donors (Lipinski definition) is 1. The van der Waals surface area contributed by atoms with Crippen molar-refractivity contribution in [1.29, 1.82) is 5.26 Å². The van der Waals surface area contributed by atoms with Gasteiger partial charge in [-0.1, -0.05) is 23.7 Å². The van der Waals surface area contributed by atoms with E-state index in [1.807, 2.05) is 6.07 Å². The Morgan fingerprint density at radius 3 is 2.66 bits per heavy atom. The molecule has 0 radical (unpaired) electrons. The van der Waals surface area contributed by atoms with Crippen molar-refractivity contribution >= 4 is 29.0 Å². The van der Waals surface area contributed by atoms with Gasteiger partial charge in [0.2, 0.25) is 0 Å². The van der Waals surface area contributed by atoms with Gasteiger partial charge in [-0.3, -0.25) is 5.01 Å². The van der Waals surface area contributed by atoms with Crippen molar-refractivity contribution in [3.05, 3.63) is 93.8 Å². The van der Waals surface area contributed by atoms with Gasteiger partial charge in [-0.05, 0) is 54.1 Å². The van der Waals surface area contributed by atoms with Crippen LogP contribution in [0.2, 0.25) is 5.02 Å². The number of fused-ring (bicyclic) bond motifs is 3. The van der Waals surface area contributed by atoms with Crippen molar-refractivity contribution in [2.45, 2.75) is 6.04 Å². The fraction of sp³-hybridized carbons (Fsp3) is 0.125. The summed E-state index contributed by atoms with van der Waals surface area (Å²) in [6.07, 6.45) is 0. The Balaban J connectivity index is 1.64. The van der Waals surface area contributed by atoms with Crippen LogP contribution in [0.25, 0.3) is 0 Å². The molecule has 0 saturated heterocycles. The number of nitriles is 1. The molecular formula is C24H15ClFN3O3. The number of ether oxygens (including phenoxy) is 1. The maximum Gasteiger partial charge on any atom is 0.335 e. The average molecular weight is 448 g/mol. The standard InChI is InChI=1S/C24H15ClFN3O3/c25-20-10-17(7-3-15(20)11-27)29-23(13-1-5-16(26)6-2-13)19-12-32-21-9-14(24(30)31)4-8-18(21)22(19)28-29/h1-10,19,23H,12H2,(H,30,31)/t19-,23-/m0/s1. The van der Waals surface area contributed by atoms with Gasteiger partial charge in [-0.2, -0.15) is 10.4 Å². The molecule has 5 rings (SSSR count). The van der Waals surface area contributed by atoms with Crippen molar-refractivity contribution < 1.29 is 19.0 Å². The molecule has 0 fully saturated rings. The minimum absolute atomic E-state index is 0.131. The van der Waals surface area contributed by atoms with Crippen molar-refractivity contribution in [2.24, 2.45) is 11.0 Å². The number of aromatic carboxylic acids is 1. The van der Waals surface area contributed by atoms with Gasteiger partial charge in [0, 0.05) is 5.56 Å². The fourth-order valence-electron chi connectivity index (χ4n) is 4.15. The Bertz CT molecular complexity index is 1320. The summed E-state index contributed by atoms with van der Waals surface area (Å²) in [5.74, 6) is -1.10. The normalized spacial score (nSPS) is 18.8. The Hall–Kier alpha value is -3.89. The van der Waals surface area contributed by atoms with Crippen molar-refractivity contribution in [2.75, 3.05) is 11.6 Å². The van der Waals surface area contributed by atoms with Gasteiger partial charge in [0.15, 0.2) is 0 Å². The molecule has 2 aliphatic rings. The molecule has 6 nitrogen and oxygen atoms in total. The first-order valence-electron chi connectivity index (χ1n) is 9.79. The zero-order valence-electron chi connectivity index (χ0n) is 16.5. The zero-order valence-corrected chi connectivity index (χ0v) is 17.3. The lowest BCUT2D eigenvalue weighted by Gasteiger charge is -2.31. The maximum atomic E-state index is 13.6. The summed E-state index contributed by atoms with van der Waals surface area (Å²) < 4.78 is 19.5. The first-order chi connectivity index (χ1) is 15.5. The number of carbonyl (C=O) groups is 1. The summed E-state index contributed by atoms with van der Waals surface area (Å²) in [7, 11) is 0. The number of carboxylic acid groups (broad SMARTS) is 1. The van der Waals surface area contributed by atoms with Gasteiger partial charge in [-0.15, -0.1) is 0 Å². The van der Waals surface area contributed by atoms with E-state index in [-0.39, 0.29) is 29.9 Å². The summed E-state index contributed by atoms with van der Waals surface area (Å²) in [5.41, 5.74) is 3.46. The second-order valence-electron chi connectivity index (χ2n) is 7.54.